The number of benzene rings is 3. The predicted octanol–water partition coefficient (Wildman–Crippen LogP) is 6.08. The van der Waals surface area contributed by atoms with Gasteiger partial charge in [0.2, 0.25) is 21.8 Å². The summed E-state index contributed by atoms with van der Waals surface area (Å²) in [7, 11) is -3.87. The van der Waals surface area contributed by atoms with Crippen LogP contribution in [-0.2, 0) is 32.6 Å². The smallest absolute Gasteiger partial charge is 0.244 e. The van der Waals surface area contributed by atoms with Gasteiger partial charge in [0.25, 0.3) is 0 Å². The van der Waals surface area contributed by atoms with Crippen molar-refractivity contribution in [2.45, 2.75) is 45.3 Å². The van der Waals surface area contributed by atoms with Crippen molar-refractivity contribution < 1.29 is 18.0 Å². The van der Waals surface area contributed by atoms with E-state index in [0.29, 0.717) is 25.8 Å². The molecule has 40 heavy (non-hydrogen) atoms. The van der Waals surface area contributed by atoms with Crippen LogP contribution in [0.1, 0.15) is 31.9 Å². The fraction of sp³-hybridized carbons (Fsp3) is 0.310. The third kappa shape index (κ3) is 8.96. The van der Waals surface area contributed by atoms with Crippen molar-refractivity contribution in [1.29, 1.82) is 0 Å². The van der Waals surface area contributed by atoms with Gasteiger partial charge < -0.3 is 10.2 Å². The Morgan fingerprint density at radius 3 is 2.10 bits per heavy atom. The van der Waals surface area contributed by atoms with Crippen LogP contribution in [0, 0.1) is 0 Å². The molecule has 7 nitrogen and oxygen atoms in total. The molecule has 0 aromatic heterocycles. The second kappa shape index (κ2) is 13.4. The Bertz CT molecular complexity index is 1440. The van der Waals surface area contributed by atoms with E-state index in [9.17, 15) is 18.0 Å². The van der Waals surface area contributed by atoms with Gasteiger partial charge in [0.1, 0.15) is 12.6 Å². The van der Waals surface area contributed by atoms with Crippen molar-refractivity contribution in [2.75, 3.05) is 17.1 Å². The van der Waals surface area contributed by atoms with Crippen LogP contribution in [0.25, 0.3) is 0 Å². The Kier molecular flexibility index (Phi) is 10.7. The average Bonchev–Trinajstić information content (AvgIpc) is 2.85. The van der Waals surface area contributed by atoms with E-state index in [1.54, 1.807) is 42.5 Å². The molecule has 0 unspecified atom stereocenters. The van der Waals surface area contributed by atoms with Crippen molar-refractivity contribution in [1.82, 2.24) is 10.2 Å². The molecule has 0 fully saturated rings. The first-order valence-electron chi connectivity index (χ1n) is 12.5. The SMILES string of the molecule is CC(C)(C)NC(=O)[C@H](Cc1ccccc1)N(Cc1c(Cl)cccc1Cl)C(=O)CN(c1cccc(Br)c1)S(C)(=O)=O. The molecule has 3 aromatic carbocycles. The van der Waals surface area contributed by atoms with Gasteiger partial charge >= 0.3 is 0 Å². The number of amides is 2. The summed E-state index contributed by atoms with van der Waals surface area (Å²) in [6, 6.07) is 19.9. The minimum absolute atomic E-state index is 0.109. The first-order chi connectivity index (χ1) is 18.7. The lowest BCUT2D eigenvalue weighted by atomic mass is 10.0. The Balaban J connectivity index is 2.12. The molecule has 0 radical (unpaired) electrons. The van der Waals surface area contributed by atoms with Crippen molar-refractivity contribution in [3.63, 3.8) is 0 Å². The first-order valence-corrected chi connectivity index (χ1v) is 15.9. The van der Waals surface area contributed by atoms with Crippen LogP contribution in [0.15, 0.2) is 77.3 Å². The Labute approximate surface area is 254 Å². The lowest BCUT2D eigenvalue weighted by molar-refractivity contribution is -0.140. The van der Waals surface area contributed by atoms with Gasteiger partial charge in [-0.25, -0.2) is 8.42 Å². The molecule has 214 valence electrons. The van der Waals surface area contributed by atoms with Crippen molar-refractivity contribution in [2.24, 2.45) is 0 Å². The highest BCUT2D eigenvalue weighted by molar-refractivity contribution is 9.10. The molecular formula is C29H32BrCl2N3O4S. The van der Waals surface area contributed by atoms with Crippen LogP contribution in [0.5, 0.6) is 0 Å². The lowest BCUT2D eigenvalue weighted by Gasteiger charge is -2.35. The Morgan fingerprint density at radius 2 is 1.55 bits per heavy atom. The van der Waals surface area contributed by atoms with Gasteiger partial charge in [-0.05, 0) is 56.7 Å². The monoisotopic (exact) mass is 667 g/mol. The highest BCUT2D eigenvalue weighted by Gasteiger charge is 2.35. The molecule has 3 aromatic rings. The van der Waals surface area contributed by atoms with Gasteiger partial charge in [0.15, 0.2) is 0 Å². The number of anilines is 1. The maximum absolute atomic E-state index is 14.1. The van der Waals surface area contributed by atoms with E-state index >= 15 is 0 Å². The summed E-state index contributed by atoms with van der Waals surface area (Å²) in [4.78, 5) is 29.2. The van der Waals surface area contributed by atoms with E-state index in [1.165, 1.54) is 4.90 Å². The molecule has 0 aliphatic carbocycles. The summed E-state index contributed by atoms with van der Waals surface area (Å²) in [5.41, 5.74) is 0.998. The summed E-state index contributed by atoms with van der Waals surface area (Å²) in [6.45, 7) is 4.90. The van der Waals surface area contributed by atoms with Crippen molar-refractivity contribution >= 4 is 66.7 Å². The largest absolute Gasteiger partial charge is 0.350 e. The number of halogens is 3. The molecule has 11 heteroatoms. The van der Waals surface area contributed by atoms with Gasteiger partial charge in [-0.3, -0.25) is 13.9 Å². The van der Waals surface area contributed by atoms with E-state index in [1.807, 2.05) is 51.1 Å². The fourth-order valence-electron chi connectivity index (χ4n) is 4.11. The molecule has 0 heterocycles. The number of hydrogen-bond acceptors (Lipinski definition) is 4. The standard InChI is InChI=1S/C29H32BrCl2N3O4S/c1-29(2,3)33-28(37)26(16-20-10-6-5-7-11-20)34(18-23-24(31)14-9-15-25(23)32)27(36)19-35(40(4,38)39)22-13-8-12-21(30)17-22/h5-15,17,26H,16,18-19H2,1-4H3,(H,33,37)/t26-/m0/s1. The zero-order valence-electron chi connectivity index (χ0n) is 22.7. The van der Waals surface area contributed by atoms with Crippen LogP contribution in [0.2, 0.25) is 10.0 Å². The third-order valence-electron chi connectivity index (χ3n) is 5.93. The summed E-state index contributed by atoms with van der Waals surface area (Å²) >= 11 is 16.3. The van der Waals surface area contributed by atoms with Gasteiger partial charge in [-0.1, -0.05) is 81.6 Å². The summed E-state index contributed by atoms with van der Waals surface area (Å²) < 4.78 is 27.4. The molecule has 0 aliphatic rings. The van der Waals surface area contributed by atoms with Gasteiger partial charge in [-0.15, -0.1) is 0 Å². The topological polar surface area (TPSA) is 86.8 Å². The zero-order chi connectivity index (χ0) is 29.7. The first kappa shape index (κ1) is 31.9. The third-order valence-corrected chi connectivity index (χ3v) is 8.28. The molecule has 3 rings (SSSR count). The quantitative estimate of drug-likeness (QED) is 0.284. The molecule has 2 amide bonds. The lowest BCUT2D eigenvalue weighted by Crippen LogP contribution is -2.56. The molecule has 0 aliphatic heterocycles. The fourth-order valence-corrected chi connectivity index (χ4v) is 5.85. The molecule has 1 atom stereocenters. The Hall–Kier alpha value is -2.59. The van der Waals surface area contributed by atoms with Crippen LogP contribution in [0.4, 0.5) is 5.69 Å². The van der Waals surface area contributed by atoms with E-state index in [4.69, 9.17) is 23.2 Å². The van der Waals surface area contributed by atoms with Crippen LogP contribution in [0.3, 0.4) is 0 Å². The number of sulfonamides is 1. The second-order valence-corrected chi connectivity index (χ2v) is 14.1. The molecule has 1 N–H and O–H groups in total. The number of rotatable bonds is 10. The maximum Gasteiger partial charge on any atom is 0.244 e. The number of nitrogens with zero attached hydrogens (tertiary/aromatic N) is 2. The Morgan fingerprint density at radius 1 is 0.950 bits per heavy atom. The van der Waals surface area contributed by atoms with E-state index in [-0.39, 0.29) is 18.9 Å². The normalized spacial score (nSPS) is 12.5. The number of carbonyl (C=O) groups is 2. The summed E-state index contributed by atoms with van der Waals surface area (Å²) in [5.74, 6) is -0.979. The second-order valence-electron chi connectivity index (χ2n) is 10.4. The molecule has 0 bridgehead atoms. The minimum Gasteiger partial charge on any atom is -0.350 e. The van der Waals surface area contributed by atoms with Gasteiger partial charge in [0.05, 0.1) is 11.9 Å². The molecule has 0 saturated carbocycles. The van der Waals surface area contributed by atoms with Gasteiger partial charge in [-0.2, -0.15) is 0 Å². The highest BCUT2D eigenvalue weighted by Crippen LogP contribution is 2.28. The minimum atomic E-state index is -3.87. The maximum atomic E-state index is 14.1. The number of nitrogens with one attached hydrogen (secondary N) is 1. The number of carbonyl (C=O) groups excluding carboxylic acids is 2. The molecule has 0 saturated heterocycles. The molecule has 0 spiro atoms. The van der Waals surface area contributed by atoms with E-state index in [2.05, 4.69) is 21.2 Å². The van der Waals surface area contributed by atoms with Crippen molar-refractivity contribution in [3.05, 3.63) is 98.4 Å². The van der Waals surface area contributed by atoms with E-state index < -0.39 is 34.1 Å². The van der Waals surface area contributed by atoms with E-state index in [0.717, 1.165) is 16.1 Å². The summed E-state index contributed by atoms with van der Waals surface area (Å²) in [5, 5.41) is 3.63. The average molecular weight is 669 g/mol. The zero-order valence-corrected chi connectivity index (χ0v) is 26.6. The van der Waals surface area contributed by atoms with Crippen LogP contribution < -0.4 is 9.62 Å². The molecular weight excluding hydrogens is 637 g/mol. The van der Waals surface area contributed by atoms with Crippen LogP contribution >= 0.6 is 39.1 Å². The number of hydrogen-bond donors (Lipinski definition) is 1. The van der Waals surface area contributed by atoms with Crippen molar-refractivity contribution in [3.8, 4) is 0 Å². The van der Waals surface area contributed by atoms with Crippen LogP contribution in [-0.4, -0.2) is 49.5 Å². The highest BCUT2D eigenvalue weighted by atomic mass is 79.9. The summed E-state index contributed by atoms with van der Waals surface area (Å²) in [6.07, 6.45) is 1.22. The van der Waals surface area contributed by atoms with Gasteiger partial charge in [0, 0.05) is 38.6 Å². The predicted molar refractivity (Wildman–Crippen MR) is 165 cm³/mol.